The monoisotopic (exact) mass is 471 g/mol. The number of carbonyl (C=O) groups excluding carboxylic acids is 3. The summed E-state index contributed by atoms with van der Waals surface area (Å²) < 4.78 is 5.23. The van der Waals surface area contributed by atoms with E-state index in [9.17, 15) is 14.4 Å². The Morgan fingerprint density at radius 3 is 2.39 bits per heavy atom. The van der Waals surface area contributed by atoms with Gasteiger partial charge in [0.25, 0.3) is 11.8 Å². The number of rotatable bonds is 8. The molecule has 0 radical (unpaired) electrons. The Balaban J connectivity index is 1.68. The Labute approximate surface area is 199 Å². The van der Waals surface area contributed by atoms with E-state index >= 15 is 0 Å². The molecular weight excluding hydrogens is 438 g/mol. The van der Waals surface area contributed by atoms with Crippen molar-refractivity contribution >= 4 is 29.1 Å². The number of carbonyl (C=O) groups is 3. The molecule has 2 N–H and O–H groups in total. The van der Waals surface area contributed by atoms with Crippen molar-refractivity contribution in [1.82, 2.24) is 15.5 Å². The van der Waals surface area contributed by atoms with Crippen molar-refractivity contribution in [2.75, 3.05) is 20.2 Å². The second-order valence-corrected chi connectivity index (χ2v) is 9.78. The van der Waals surface area contributed by atoms with Gasteiger partial charge in [-0.15, -0.1) is 11.3 Å². The SMILES string of the molecule is COc1cccc(C(=O)N2CCC(C(NC(=O)c3cccs3)C(=O)NC(C)C(C)C)CC2)c1. The van der Waals surface area contributed by atoms with Gasteiger partial charge in [-0.05, 0) is 61.2 Å². The van der Waals surface area contributed by atoms with Gasteiger partial charge in [0.1, 0.15) is 11.8 Å². The highest BCUT2D eigenvalue weighted by Crippen LogP contribution is 2.24. The Bertz CT molecular complexity index is 952. The van der Waals surface area contributed by atoms with E-state index in [0.29, 0.717) is 42.1 Å². The van der Waals surface area contributed by atoms with Crippen LogP contribution in [0.1, 0.15) is 53.6 Å². The summed E-state index contributed by atoms with van der Waals surface area (Å²) >= 11 is 1.35. The van der Waals surface area contributed by atoms with E-state index < -0.39 is 6.04 Å². The van der Waals surface area contributed by atoms with Crippen molar-refractivity contribution < 1.29 is 19.1 Å². The molecule has 2 heterocycles. The molecule has 178 valence electrons. The molecule has 2 unspecified atom stereocenters. The van der Waals surface area contributed by atoms with Gasteiger partial charge in [-0.25, -0.2) is 0 Å². The van der Waals surface area contributed by atoms with Crippen LogP contribution in [0.3, 0.4) is 0 Å². The van der Waals surface area contributed by atoms with Gasteiger partial charge >= 0.3 is 0 Å². The Morgan fingerprint density at radius 1 is 1.06 bits per heavy atom. The van der Waals surface area contributed by atoms with Crippen LogP contribution < -0.4 is 15.4 Å². The van der Waals surface area contributed by atoms with Crippen molar-refractivity contribution in [2.45, 2.75) is 45.7 Å². The minimum Gasteiger partial charge on any atom is -0.497 e. The first-order valence-electron chi connectivity index (χ1n) is 11.4. The summed E-state index contributed by atoms with van der Waals surface area (Å²) in [5.41, 5.74) is 0.582. The van der Waals surface area contributed by atoms with Gasteiger partial charge < -0.3 is 20.3 Å². The average Bonchev–Trinajstić information content (AvgIpc) is 3.37. The van der Waals surface area contributed by atoms with Crippen LogP contribution >= 0.6 is 11.3 Å². The first kappa shape index (κ1) is 24.8. The highest BCUT2D eigenvalue weighted by Gasteiger charge is 2.35. The lowest BCUT2D eigenvalue weighted by atomic mass is 9.88. The topological polar surface area (TPSA) is 87.7 Å². The van der Waals surface area contributed by atoms with Gasteiger partial charge in [0.05, 0.1) is 12.0 Å². The highest BCUT2D eigenvalue weighted by atomic mass is 32.1. The number of amides is 3. The number of nitrogens with zero attached hydrogens (tertiary/aromatic N) is 1. The van der Waals surface area contributed by atoms with Crippen molar-refractivity contribution in [1.29, 1.82) is 0 Å². The number of ether oxygens (including phenoxy) is 1. The van der Waals surface area contributed by atoms with Gasteiger partial charge in [0, 0.05) is 24.7 Å². The summed E-state index contributed by atoms with van der Waals surface area (Å²) in [6.07, 6.45) is 1.27. The zero-order chi connectivity index (χ0) is 24.0. The Kier molecular flexibility index (Phi) is 8.49. The van der Waals surface area contributed by atoms with E-state index in [4.69, 9.17) is 4.74 Å². The van der Waals surface area contributed by atoms with Crippen molar-refractivity contribution in [3.63, 3.8) is 0 Å². The zero-order valence-electron chi connectivity index (χ0n) is 19.7. The second-order valence-electron chi connectivity index (χ2n) is 8.83. The largest absolute Gasteiger partial charge is 0.497 e. The third-order valence-corrected chi connectivity index (χ3v) is 7.17. The molecule has 2 atom stereocenters. The second kappa shape index (κ2) is 11.3. The summed E-state index contributed by atoms with van der Waals surface area (Å²) in [6, 6.07) is 10.0. The predicted octanol–water partition coefficient (Wildman–Crippen LogP) is 3.57. The number of methoxy groups -OCH3 is 1. The average molecular weight is 472 g/mol. The fourth-order valence-corrected chi connectivity index (χ4v) is 4.50. The number of benzene rings is 1. The van der Waals surface area contributed by atoms with Crippen LogP contribution in [0.25, 0.3) is 0 Å². The summed E-state index contributed by atoms with van der Waals surface area (Å²) in [6.45, 7) is 7.12. The predicted molar refractivity (Wildman–Crippen MR) is 130 cm³/mol. The van der Waals surface area contributed by atoms with Crippen LogP contribution in [0.2, 0.25) is 0 Å². The third kappa shape index (κ3) is 6.35. The lowest BCUT2D eigenvalue weighted by Gasteiger charge is -2.36. The lowest BCUT2D eigenvalue weighted by Crippen LogP contribution is -2.55. The minimum absolute atomic E-state index is 0.00614. The van der Waals surface area contributed by atoms with Crippen molar-refractivity contribution in [2.24, 2.45) is 11.8 Å². The van der Waals surface area contributed by atoms with Crippen LogP contribution in [-0.4, -0.2) is 54.9 Å². The first-order chi connectivity index (χ1) is 15.8. The van der Waals surface area contributed by atoms with Gasteiger partial charge in [-0.1, -0.05) is 26.0 Å². The van der Waals surface area contributed by atoms with E-state index in [0.717, 1.165) is 0 Å². The van der Waals surface area contributed by atoms with Crippen LogP contribution in [0.4, 0.5) is 0 Å². The number of thiophene rings is 1. The number of hydrogen-bond acceptors (Lipinski definition) is 5. The molecule has 1 aromatic heterocycles. The number of piperidine rings is 1. The molecule has 0 saturated carbocycles. The molecule has 1 aromatic carbocycles. The molecular formula is C25H33N3O4S. The fourth-order valence-electron chi connectivity index (χ4n) is 3.87. The van der Waals surface area contributed by atoms with Crippen LogP contribution in [0.5, 0.6) is 5.75 Å². The maximum absolute atomic E-state index is 13.2. The molecule has 33 heavy (non-hydrogen) atoms. The third-order valence-electron chi connectivity index (χ3n) is 6.30. The lowest BCUT2D eigenvalue weighted by molar-refractivity contribution is -0.125. The van der Waals surface area contributed by atoms with Crippen molar-refractivity contribution in [3.05, 3.63) is 52.2 Å². The van der Waals surface area contributed by atoms with Crippen molar-refractivity contribution in [3.8, 4) is 5.75 Å². The smallest absolute Gasteiger partial charge is 0.262 e. The zero-order valence-corrected chi connectivity index (χ0v) is 20.5. The number of hydrogen-bond donors (Lipinski definition) is 2. The van der Waals surface area contributed by atoms with E-state index in [-0.39, 0.29) is 35.6 Å². The molecule has 1 aliphatic heterocycles. The molecule has 3 amide bonds. The van der Waals surface area contributed by atoms with E-state index in [2.05, 4.69) is 10.6 Å². The summed E-state index contributed by atoms with van der Waals surface area (Å²) in [5.74, 6) is 0.413. The molecule has 2 aromatic rings. The summed E-state index contributed by atoms with van der Waals surface area (Å²) in [7, 11) is 1.57. The molecule has 1 fully saturated rings. The highest BCUT2D eigenvalue weighted by molar-refractivity contribution is 7.12. The molecule has 3 rings (SSSR count). The van der Waals surface area contributed by atoms with Crippen LogP contribution in [-0.2, 0) is 4.79 Å². The summed E-state index contributed by atoms with van der Waals surface area (Å²) in [5, 5.41) is 7.86. The van der Waals surface area contributed by atoms with E-state index in [1.807, 2.05) is 32.2 Å². The molecule has 8 heteroatoms. The van der Waals surface area contributed by atoms with E-state index in [1.165, 1.54) is 11.3 Å². The quantitative estimate of drug-likeness (QED) is 0.616. The Hall–Kier alpha value is -2.87. The van der Waals surface area contributed by atoms with Crippen LogP contribution in [0, 0.1) is 11.8 Å². The normalized spacial score (nSPS) is 16.2. The maximum Gasteiger partial charge on any atom is 0.262 e. The molecule has 1 aliphatic rings. The maximum atomic E-state index is 13.2. The Morgan fingerprint density at radius 2 is 1.79 bits per heavy atom. The minimum atomic E-state index is -0.644. The van der Waals surface area contributed by atoms with Gasteiger partial charge in [0.15, 0.2) is 0 Å². The first-order valence-corrected chi connectivity index (χ1v) is 12.3. The van der Waals surface area contributed by atoms with Crippen LogP contribution in [0.15, 0.2) is 41.8 Å². The molecule has 0 aliphatic carbocycles. The van der Waals surface area contributed by atoms with Gasteiger partial charge in [-0.2, -0.15) is 0 Å². The molecule has 1 saturated heterocycles. The van der Waals surface area contributed by atoms with E-state index in [1.54, 1.807) is 42.3 Å². The number of nitrogens with one attached hydrogen (secondary N) is 2. The fraction of sp³-hybridized carbons (Fsp3) is 0.480. The van der Waals surface area contributed by atoms with Gasteiger partial charge in [-0.3, -0.25) is 14.4 Å². The summed E-state index contributed by atoms with van der Waals surface area (Å²) in [4.78, 5) is 41.2. The standard InChI is InChI=1S/C25H33N3O4S/c1-16(2)17(3)26-24(30)22(27-23(29)21-9-6-14-33-21)18-10-12-28(13-11-18)25(31)19-7-5-8-20(15-19)32-4/h5-9,14-18,22H,10-13H2,1-4H3,(H,26,30)(H,27,29). The molecule has 7 nitrogen and oxygen atoms in total. The molecule has 0 bridgehead atoms. The number of likely N-dealkylation sites (tertiary alicyclic amines) is 1. The molecule has 0 spiro atoms. The van der Waals surface area contributed by atoms with Gasteiger partial charge in [0.2, 0.25) is 5.91 Å².